The molecule has 0 amide bonds. The normalized spacial score (nSPS) is 15.1. The van der Waals surface area contributed by atoms with Gasteiger partial charge in [0.05, 0.1) is 11.3 Å². The molecule has 0 spiro atoms. The lowest BCUT2D eigenvalue weighted by Crippen LogP contribution is -2.08. The molecule has 0 radical (unpaired) electrons. The fourth-order valence-corrected chi connectivity index (χ4v) is 2.98. The Labute approximate surface area is 130 Å². The molecule has 0 saturated heterocycles. The Morgan fingerprint density at radius 3 is 2.61 bits per heavy atom. The van der Waals surface area contributed by atoms with Crippen molar-refractivity contribution in [3.05, 3.63) is 46.8 Å². The second-order valence-electron chi connectivity index (χ2n) is 5.60. The first-order valence-electron chi connectivity index (χ1n) is 7.39. The molecule has 3 rings (SSSR count). The van der Waals surface area contributed by atoms with Crippen molar-refractivity contribution in [3.63, 3.8) is 0 Å². The number of benzene rings is 1. The summed E-state index contributed by atoms with van der Waals surface area (Å²) in [6, 6.07) is 4.82. The van der Waals surface area contributed by atoms with Gasteiger partial charge in [-0.3, -0.25) is 0 Å². The monoisotopic (exact) mass is 324 g/mol. The number of carboxylic acids is 1. The minimum absolute atomic E-state index is 0.0562. The number of rotatable bonds is 2. The smallest absolute Gasteiger partial charge is 0.416 e. The third-order valence-electron chi connectivity index (χ3n) is 4.05. The highest BCUT2D eigenvalue weighted by molar-refractivity contribution is 5.87. The summed E-state index contributed by atoms with van der Waals surface area (Å²) < 4.78 is 40.1. The summed E-state index contributed by atoms with van der Waals surface area (Å²) >= 11 is 0. The average Bonchev–Trinajstić information content (AvgIpc) is 2.69. The fraction of sp³-hybridized carbons (Fsp3) is 0.375. The van der Waals surface area contributed by atoms with E-state index in [1.54, 1.807) is 0 Å². The molecule has 0 atom stereocenters. The maximum atomic E-state index is 12.9. The van der Waals surface area contributed by atoms with E-state index in [-0.39, 0.29) is 11.4 Å². The summed E-state index contributed by atoms with van der Waals surface area (Å²) in [5.41, 5.74) is 0.765. The van der Waals surface area contributed by atoms with Crippen LogP contribution in [0.5, 0.6) is 0 Å². The number of hydrogen-bond donors (Lipinski definition) is 1. The maximum Gasteiger partial charge on any atom is 0.416 e. The van der Waals surface area contributed by atoms with Gasteiger partial charge in [-0.05, 0) is 43.9 Å². The number of carboxylic acid groups (broad SMARTS) is 1. The standard InChI is InChI=1S/C16H15F3N2O2/c17-16(18,19)10-5-4-6-11(9-10)21-13-8-3-1-2-7-12(13)14(20-21)15(22)23/h4-6,9H,1-3,7-8H2,(H,22,23). The molecule has 0 fully saturated rings. The third-order valence-corrected chi connectivity index (χ3v) is 4.05. The summed E-state index contributed by atoms with van der Waals surface area (Å²) in [5.74, 6) is -1.14. The number of nitrogens with zero attached hydrogens (tertiary/aromatic N) is 2. The predicted molar refractivity (Wildman–Crippen MR) is 76.8 cm³/mol. The Morgan fingerprint density at radius 2 is 1.91 bits per heavy atom. The van der Waals surface area contributed by atoms with Crippen LogP contribution >= 0.6 is 0 Å². The van der Waals surface area contributed by atoms with Crippen molar-refractivity contribution in [1.82, 2.24) is 9.78 Å². The zero-order valence-corrected chi connectivity index (χ0v) is 12.2. The molecule has 0 saturated carbocycles. The fourth-order valence-electron chi connectivity index (χ4n) is 2.98. The molecular formula is C16H15F3N2O2. The van der Waals surface area contributed by atoms with Gasteiger partial charge in [-0.2, -0.15) is 18.3 Å². The van der Waals surface area contributed by atoms with Crippen molar-refractivity contribution in [2.24, 2.45) is 0 Å². The topological polar surface area (TPSA) is 55.1 Å². The second-order valence-corrected chi connectivity index (χ2v) is 5.60. The molecule has 122 valence electrons. The van der Waals surface area contributed by atoms with E-state index in [2.05, 4.69) is 5.10 Å². The van der Waals surface area contributed by atoms with Crippen molar-refractivity contribution in [2.75, 3.05) is 0 Å². The Balaban J connectivity index is 2.15. The zero-order chi connectivity index (χ0) is 16.6. The number of aromatic nitrogens is 2. The Morgan fingerprint density at radius 1 is 1.17 bits per heavy atom. The minimum atomic E-state index is -4.45. The average molecular weight is 324 g/mol. The van der Waals surface area contributed by atoms with Gasteiger partial charge in [0.1, 0.15) is 0 Å². The van der Waals surface area contributed by atoms with E-state index in [0.717, 1.165) is 31.4 Å². The molecule has 1 aliphatic carbocycles. The number of fused-ring (bicyclic) bond motifs is 1. The quantitative estimate of drug-likeness (QED) is 0.854. The highest BCUT2D eigenvalue weighted by Crippen LogP contribution is 2.32. The molecule has 0 aliphatic heterocycles. The lowest BCUT2D eigenvalue weighted by atomic mass is 10.1. The van der Waals surface area contributed by atoms with Crippen LogP contribution in [-0.2, 0) is 19.0 Å². The van der Waals surface area contributed by atoms with E-state index < -0.39 is 17.7 Å². The highest BCUT2D eigenvalue weighted by atomic mass is 19.4. The van der Waals surface area contributed by atoms with Crippen LogP contribution in [0.4, 0.5) is 13.2 Å². The SMILES string of the molecule is O=C(O)c1nn(-c2cccc(C(F)(F)F)c2)c2c1CCCCC2. The Kier molecular flexibility index (Phi) is 3.87. The van der Waals surface area contributed by atoms with Crippen LogP contribution in [-0.4, -0.2) is 20.9 Å². The lowest BCUT2D eigenvalue weighted by molar-refractivity contribution is -0.137. The molecule has 7 heteroatoms. The first-order chi connectivity index (χ1) is 10.9. The summed E-state index contributed by atoms with van der Waals surface area (Å²) in [5, 5.41) is 13.4. The van der Waals surface area contributed by atoms with Crippen LogP contribution in [0.2, 0.25) is 0 Å². The van der Waals surface area contributed by atoms with Gasteiger partial charge in [0.25, 0.3) is 0 Å². The van der Waals surface area contributed by atoms with E-state index in [0.29, 0.717) is 24.1 Å². The molecule has 1 aromatic heterocycles. The summed E-state index contributed by atoms with van der Waals surface area (Å²) in [6.45, 7) is 0. The molecule has 23 heavy (non-hydrogen) atoms. The van der Waals surface area contributed by atoms with Gasteiger partial charge in [-0.15, -0.1) is 0 Å². The van der Waals surface area contributed by atoms with Crippen LogP contribution in [0.15, 0.2) is 24.3 Å². The molecule has 4 nitrogen and oxygen atoms in total. The van der Waals surface area contributed by atoms with Crippen LogP contribution in [0.3, 0.4) is 0 Å². The van der Waals surface area contributed by atoms with Crippen LogP contribution in [0, 0.1) is 0 Å². The van der Waals surface area contributed by atoms with Gasteiger partial charge in [0, 0.05) is 11.3 Å². The molecule has 1 N–H and O–H groups in total. The largest absolute Gasteiger partial charge is 0.476 e. The number of aromatic carboxylic acids is 1. The number of alkyl halides is 3. The summed E-state index contributed by atoms with van der Waals surface area (Å²) in [7, 11) is 0. The molecule has 2 aromatic rings. The van der Waals surface area contributed by atoms with Crippen LogP contribution in [0.25, 0.3) is 5.69 Å². The maximum absolute atomic E-state index is 12.9. The van der Waals surface area contributed by atoms with Crippen molar-refractivity contribution in [3.8, 4) is 5.69 Å². The minimum Gasteiger partial charge on any atom is -0.476 e. The van der Waals surface area contributed by atoms with Gasteiger partial charge in [-0.1, -0.05) is 12.5 Å². The lowest BCUT2D eigenvalue weighted by Gasteiger charge is -2.11. The summed E-state index contributed by atoms with van der Waals surface area (Å²) in [4.78, 5) is 11.4. The number of carbonyl (C=O) groups is 1. The van der Waals surface area contributed by atoms with Crippen molar-refractivity contribution in [2.45, 2.75) is 38.3 Å². The van der Waals surface area contributed by atoms with E-state index in [9.17, 15) is 23.1 Å². The van der Waals surface area contributed by atoms with E-state index in [4.69, 9.17) is 0 Å². The molecule has 0 unspecified atom stereocenters. The van der Waals surface area contributed by atoms with Crippen molar-refractivity contribution < 1.29 is 23.1 Å². The molecular weight excluding hydrogens is 309 g/mol. The third kappa shape index (κ3) is 2.95. The zero-order valence-electron chi connectivity index (χ0n) is 12.2. The van der Waals surface area contributed by atoms with Crippen LogP contribution in [0.1, 0.15) is 46.6 Å². The van der Waals surface area contributed by atoms with Gasteiger partial charge in [0.15, 0.2) is 5.69 Å². The highest BCUT2D eigenvalue weighted by Gasteiger charge is 2.31. The van der Waals surface area contributed by atoms with Crippen molar-refractivity contribution in [1.29, 1.82) is 0 Å². The van der Waals surface area contributed by atoms with Crippen LogP contribution < -0.4 is 0 Å². The number of hydrogen-bond acceptors (Lipinski definition) is 2. The Bertz CT molecular complexity index is 750. The van der Waals surface area contributed by atoms with E-state index in [1.165, 1.54) is 16.8 Å². The molecule has 1 aromatic carbocycles. The van der Waals surface area contributed by atoms with Gasteiger partial charge in [0.2, 0.25) is 0 Å². The van der Waals surface area contributed by atoms with Gasteiger partial charge >= 0.3 is 12.1 Å². The second kappa shape index (κ2) is 5.72. The van der Waals surface area contributed by atoms with E-state index >= 15 is 0 Å². The van der Waals surface area contributed by atoms with Crippen molar-refractivity contribution >= 4 is 5.97 Å². The number of halogens is 3. The molecule has 1 aliphatic rings. The summed E-state index contributed by atoms with van der Waals surface area (Å²) in [6.07, 6.45) is -0.536. The Hall–Kier alpha value is -2.31. The van der Waals surface area contributed by atoms with Gasteiger partial charge in [-0.25, -0.2) is 9.48 Å². The first-order valence-corrected chi connectivity index (χ1v) is 7.39. The predicted octanol–water partition coefficient (Wildman–Crippen LogP) is 3.86. The molecule has 1 heterocycles. The molecule has 0 bridgehead atoms. The van der Waals surface area contributed by atoms with E-state index in [1.807, 2.05) is 0 Å². The van der Waals surface area contributed by atoms with Gasteiger partial charge < -0.3 is 5.11 Å². The first kappa shape index (κ1) is 15.6.